The van der Waals surface area contributed by atoms with Crippen LogP contribution in [0.25, 0.3) is 44.4 Å². The number of rotatable bonds is 88. The van der Waals surface area contributed by atoms with Gasteiger partial charge >= 0.3 is 68.2 Å². The molecule has 0 saturated heterocycles. The largest absolute Gasteiger partial charge is 2.00 e. The van der Waals surface area contributed by atoms with Gasteiger partial charge in [-0.05, 0) is 102 Å². The fraction of sp³-hybridized carbons (Fsp3) is 0.759. The molecule has 137 heavy (non-hydrogen) atoms. The maximum Gasteiger partial charge on any atom is 2.00 e. The predicted molar refractivity (Wildman–Crippen MR) is 554 cm³/mol. The summed E-state index contributed by atoms with van der Waals surface area (Å²) in [4.78, 5) is 142. The average molecular weight is 2000 g/mol. The Kier molecular flexibility index (Phi) is 72.8. The van der Waals surface area contributed by atoms with Crippen LogP contribution in [0.5, 0.6) is 0 Å². The van der Waals surface area contributed by atoms with Crippen molar-refractivity contribution in [1.82, 2.24) is 19.9 Å². The van der Waals surface area contributed by atoms with E-state index in [9.17, 15) is 0 Å². The first-order valence-corrected chi connectivity index (χ1v) is 56.0. The minimum Gasteiger partial charge on any atom is -0.657 e. The molecule has 0 amide bonds. The van der Waals surface area contributed by atoms with Crippen LogP contribution in [-0.4, -0.2) is 111 Å². The van der Waals surface area contributed by atoms with E-state index in [-0.39, 0.29) is 169 Å². The third-order valence-electron chi connectivity index (χ3n) is 26.6. The van der Waals surface area contributed by atoms with Gasteiger partial charge in [-0.1, -0.05) is 433 Å². The number of hydrogen-bond acceptors (Lipinski definition) is 18. The number of esters is 8. The number of ether oxygens (including phenoxy) is 8. The van der Waals surface area contributed by atoms with E-state index in [1.54, 1.807) is 24.3 Å². The smallest absolute Gasteiger partial charge is 0.657 e. The van der Waals surface area contributed by atoms with Crippen LogP contribution >= 0.6 is 0 Å². The third-order valence-corrected chi connectivity index (χ3v) is 26.6. The summed E-state index contributed by atoms with van der Waals surface area (Å²) < 4.78 is 49.5. The van der Waals surface area contributed by atoms with E-state index in [0.717, 1.165) is 257 Å². The van der Waals surface area contributed by atoms with Gasteiger partial charge < -0.3 is 47.9 Å². The molecule has 0 atom stereocenters. The van der Waals surface area contributed by atoms with Crippen molar-refractivity contribution in [3.8, 4) is 0 Å². The van der Waals surface area contributed by atoms with Gasteiger partial charge in [0.15, 0.2) is 0 Å². The molecule has 0 N–H and O–H groups in total. The van der Waals surface area contributed by atoms with Gasteiger partial charge in [-0.25, -0.2) is 9.97 Å². The van der Waals surface area contributed by atoms with E-state index in [0.29, 0.717) is 95.9 Å². The monoisotopic (exact) mass is 2000 g/mol. The molecular weight excluding hydrogens is 1810 g/mol. The Hall–Kier alpha value is -6.98. The topological polar surface area (TPSA) is 264 Å². The van der Waals surface area contributed by atoms with E-state index in [1.807, 2.05) is 0 Å². The third kappa shape index (κ3) is 55.9. The molecule has 20 nitrogen and oxygen atoms in total. The number of nitrogens with zero attached hydrogens (tertiary/aromatic N) is 4. The van der Waals surface area contributed by atoms with Crippen LogP contribution in [0.1, 0.15) is 537 Å². The summed E-state index contributed by atoms with van der Waals surface area (Å²) in [7, 11) is 0. The van der Waals surface area contributed by atoms with E-state index >= 15 is 38.4 Å². The minimum absolute atomic E-state index is 0. The number of unbranched alkanes of at least 4 members (excludes halogenated alkanes) is 56. The standard InChI is InChI=1S/C116H188N4O16.Pd/c1-9-17-25-33-41-49-57-65-73-129-109(121)81-93-94(82-110(122)130-74-66-58-50-42-34-26-18-10-2)102-90-104-97(85-113(125)133-77-69-61-53-45-37-29-21-13-5)98(86-114(126)134-78-70-62-54-46-38-30-22-14-6)106(119-104)92-108-100(88-116(128)136-80-72-64-56-48-40-32-24-16-8)99(87-115(127)135-79-71-63-55-47-39-31-23-15-7)107(120-108)91-105-96(84-112(124)132-76-68-60-52-44-36-28-20-12-4)95(103(118-105)89-101(93)117-102)83-111(123)131-75-67-59-51-43-35-27-19-11-3;/h89-92H,9-88H2,1-8H3;/q-2;+2. The molecule has 5 rings (SSSR count). The molecule has 778 valence electrons. The number of carbonyl (C=O) groups excluding carboxylic acids is 8. The number of aromatic nitrogens is 4. The quantitative estimate of drug-likeness (QED) is 0.0220. The molecular formula is C116H188N4O16Pd. The summed E-state index contributed by atoms with van der Waals surface area (Å²) in [6.45, 7) is 18.9. The molecule has 2 aliphatic rings. The normalized spacial score (nSPS) is 11.9. The van der Waals surface area contributed by atoms with Crippen LogP contribution in [-0.2, 0) is 122 Å². The first kappa shape index (κ1) is 122. The van der Waals surface area contributed by atoms with Gasteiger partial charge in [0, 0.05) is 0 Å². The van der Waals surface area contributed by atoms with Gasteiger partial charge in [0.25, 0.3) is 0 Å². The average Bonchev–Trinajstić information content (AvgIpc) is 1.61. The zero-order valence-corrected chi connectivity index (χ0v) is 89.1. The van der Waals surface area contributed by atoms with Crippen LogP contribution in [0.3, 0.4) is 0 Å². The van der Waals surface area contributed by atoms with Gasteiger partial charge in [0.2, 0.25) is 0 Å². The summed E-state index contributed by atoms with van der Waals surface area (Å²) in [5.41, 5.74) is 3.98. The Morgan fingerprint density at radius 1 is 0.182 bits per heavy atom. The molecule has 0 aliphatic carbocycles. The van der Waals surface area contributed by atoms with Crippen LogP contribution in [0, 0.1) is 0 Å². The van der Waals surface area contributed by atoms with E-state index in [2.05, 4.69) is 55.4 Å². The predicted octanol–water partition coefficient (Wildman–Crippen LogP) is 30.6. The molecule has 5 heterocycles. The molecule has 21 heteroatoms. The summed E-state index contributed by atoms with van der Waals surface area (Å²) in [5, 5.41) is 0. The van der Waals surface area contributed by atoms with Crippen molar-refractivity contribution in [2.24, 2.45) is 0 Å². The van der Waals surface area contributed by atoms with E-state index in [1.165, 1.54) is 103 Å². The van der Waals surface area contributed by atoms with Gasteiger partial charge in [-0.3, -0.25) is 38.4 Å². The second kappa shape index (κ2) is 81.6. The first-order chi connectivity index (χ1) is 66.6. The maximum atomic E-state index is 15.1. The van der Waals surface area contributed by atoms with Gasteiger partial charge in [0.1, 0.15) is 0 Å². The van der Waals surface area contributed by atoms with Crippen LogP contribution in [0.4, 0.5) is 0 Å². The molecule has 3 aromatic heterocycles. The van der Waals surface area contributed by atoms with Crippen molar-refractivity contribution in [1.29, 1.82) is 0 Å². The molecule has 0 unspecified atom stereocenters. The number of carbonyl (C=O) groups is 8. The van der Waals surface area contributed by atoms with Crippen molar-refractivity contribution in [3.05, 3.63) is 69.3 Å². The van der Waals surface area contributed by atoms with Crippen molar-refractivity contribution in [2.75, 3.05) is 52.9 Å². The van der Waals surface area contributed by atoms with Gasteiger partial charge in [-0.15, -0.1) is 22.1 Å². The molecule has 8 bridgehead atoms. The SMILES string of the molecule is CCCCCCCCCCOC(=O)CC1=C(CC(=O)OCCCCCCCCCC)c2cc3[n-]c(cc4[n-]c(cc5nc(cc1n2)C(CC(=O)OCCCCCCCCCC)=C5CC(=O)OCCCCCCCCCC)c(CC(=O)OCCCCCCCCCC)c4CC(=O)OCCCCCCCCCC)c(CC(=O)OCCCCCCCCCC)c3CC(=O)OCCCCCCCCCC.[Pd+2]. The fourth-order valence-corrected chi connectivity index (χ4v) is 18.3. The van der Waals surface area contributed by atoms with Crippen molar-refractivity contribution in [3.63, 3.8) is 0 Å². The van der Waals surface area contributed by atoms with E-state index in [4.69, 9.17) is 57.8 Å². The number of hydrogen-bond donors (Lipinski definition) is 0. The van der Waals surface area contributed by atoms with Crippen LogP contribution in [0.2, 0.25) is 0 Å². The van der Waals surface area contributed by atoms with E-state index < -0.39 is 47.8 Å². The molecule has 2 aliphatic heterocycles. The zero-order valence-electron chi connectivity index (χ0n) is 87.5. The minimum atomic E-state index is -0.573. The second-order valence-electron chi connectivity index (χ2n) is 38.9. The fourth-order valence-electron chi connectivity index (χ4n) is 18.3. The van der Waals surface area contributed by atoms with Gasteiger partial charge in [-0.2, -0.15) is 0 Å². The van der Waals surface area contributed by atoms with Crippen LogP contribution in [0.15, 0.2) is 24.3 Å². The first-order valence-electron chi connectivity index (χ1n) is 56.0. The summed E-state index contributed by atoms with van der Waals surface area (Å²) >= 11 is 0. The Labute approximate surface area is 843 Å². The molecule has 0 spiro atoms. The second-order valence-corrected chi connectivity index (χ2v) is 38.9. The Morgan fingerprint density at radius 3 is 0.474 bits per heavy atom. The molecule has 3 aromatic rings. The van der Waals surface area contributed by atoms with Crippen molar-refractivity contribution < 1.29 is 96.7 Å². The Balaban J connectivity index is 0.0000392. The Morgan fingerprint density at radius 2 is 0.314 bits per heavy atom. The maximum absolute atomic E-state index is 15.1. The summed E-state index contributed by atoms with van der Waals surface area (Å²) in [6, 6.07) is 6.74. The summed E-state index contributed by atoms with van der Waals surface area (Å²) in [5.74, 6) is -4.59. The Bertz CT molecular complexity index is 3780. The van der Waals surface area contributed by atoms with Gasteiger partial charge in [0.05, 0.1) is 127 Å². The molecule has 0 radical (unpaired) electrons. The molecule has 0 saturated carbocycles. The molecule has 0 aromatic carbocycles. The van der Waals surface area contributed by atoms with Crippen molar-refractivity contribution in [2.45, 2.75) is 518 Å². The van der Waals surface area contributed by atoms with Crippen molar-refractivity contribution >= 4 is 92.1 Å². The summed E-state index contributed by atoms with van der Waals surface area (Å²) in [6.07, 6.45) is 63.1. The number of fused-ring (bicyclic) bond motifs is 8. The zero-order chi connectivity index (χ0) is 97.7. The van der Waals surface area contributed by atoms with Crippen LogP contribution < -0.4 is 9.97 Å². The molecule has 0 fully saturated rings.